The number of aromatic nitrogens is 3. The second-order valence-corrected chi connectivity index (χ2v) is 9.93. The summed E-state index contributed by atoms with van der Waals surface area (Å²) >= 11 is 5.92. The molecule has 194 valence electrons. The SMILES string of the molecule is CC(=O)N1CCC(Oc2cc(C(=O)NCc3ccc(Cl)cc3)ncc2-c2cnn(C(F)F)c2)CC12CC2. The number of alkyl halides is 2. The van der Waals surface area contributed by atoms with Gasteiger partial charge in [-0.2, -0.15) is 13.9 Å². The van der Waals surface area contributed by atoms with Crippen LogP contribution in [0.25, 0.3) is 11.1 Å². The van der Waals surface area contributed by atoms with Gasteiger partial charge in [-0.05, 0) is 30.5 Å². The van der Waals surface area contributed by atoms with E-state index in [4.69, 9.17) is 16.3 Å². The Morgan fingerprint density at radius 2 is 2.00 bits per heavy atom. The van der Waals surface area contributed by atoms with Crippen molar-refractivity contribution in [1.82, 2.24) is 25.0 Å². The highest BCUT2D eigenvalue weighted by Gasteiger charge is 2.53. The molecular formula is C26H26ClF2N5O3. The number of benzene rings is 1. The minimum Gasteiger partial charge on any atom is -0.489 e. The standard InChI is InChI=1S/C26H26ClF2N5O3/c1-16(35)33-9-6-20(11-26(33)7-8-26)37-23-10-22(24(36)31-12-17-2-4-19(27)5-3-17)30-14-21(23)18-13-32-34(15-18)25(28)29/h2-5,10,13-15,20,25H,6-9,11-12H2,1H3,(H,31,36). The highest BCUT2D eigenvalue weighted by atomic mass is 35.5. The van der Waals surface area contributed by atoms with Crippen LogP contribution in [0.3, 0.4) is 0 Å². The van der Waals surface area contributed by atoms with Gasteiger partial charge in [0.15, 0.2) is 0 Å². The lowest BCUT2D eigenvalue weighted by atomic mass is 9.96. The maximum absolute atomic E-state index is 13.1. The highest BCUT2D eigenvalue weighted by molar-refractivity contribution is 6.30. The molecule has 1 aliphatic heterocycles. The molecule has 1 saturated heterocycles. The number of carbonyl (C=O) groups excluding carboxylic acids is 2. The molecule has 1 atom stereocenters. The Kier molecular flexibility index (Phi) is 6.85. The molecular weight excluding hydrogens is 504 g/mol. The van der Waals surface area contributed by atoms with Crippen molar-refractivity contribution >= 4 is 23.4 Å². The van der Waals surface area contributed by atoms with Crippen molar-refractivity contribution in [3.05, 3.63) is 65.2 Å². The number of piperidine rings is 1. The summed E-state index contributed by atoms with van der Waals surface area (Å²) in [5.41, 5.74) is 1.69. The number of hydrogen-bond donors (Lipinski definition) is 1. The van der Waals surface area contributed by atoms with Crippen LogP contribution in [0.4, 0.5) is 8.78 Å². The number of ether oxygens (including phenoxy) is 1. The summed E-state index contributed by atoms with van der Waals surface area (Å²) in [4.78, 5) is 31.2. The number of rotatable bonds is 7. The molecule has 1 unspecified atom stereocenters. The molecule has 3 heterocycles. The number of likely N-dealkylation sites (tertiary alicyclic amines) is 1. The molecule has 11 heteroatoms. The summed E-state index contributed by atoms with van der Waals surface area (Å²) in [5.74, 6) is 0.0110. The van der Waals surface area contributed by atoms with Gasteiger partial charge in [0.1, 0.15) is 17.5 Å². The molecule has 2 aromatic heterocycles. The minimum atomic E-state index is -2.78. The van der Waals surface area contributed by atoms with Gasteiger partial charge in [-0.15, -0.1) is 0 Å². The van der Waals surface area contributed by atoms with E-state index in [2.05, 4.69) is 15.4 Å². The zero-order valence-electron chi connectivity index (χ0n) is 20.2. The van der Waals surface area contributed by atoms with Crippen LogP contribution in [0.2, 0.25) is 5.02 Å². The molecule has 2 amide bonds. The third kappa shape index (κ3) is 5.44. The zero-order chi connectivity index (χ0) is 26.2. The van der Waals surface area contributed by atoms with E-state index in [0.29, 0.717) is 46.0 Å². The normalized spacial score (nSPS) is 18.2. The van der Waals surface area contributed by atoms with Gasteiger partial charge in [-0.1, -0.05) is 23.7 Å². The summed E-state index contributed by atoms with van der Waals surface area (Å²) in [5, 5.41) is 7.15. The lowest BCUT2D eigenvalue weighted by Gasteiger charge is -2.39. The molecule has 1 aliphatic carbocycles. The Morgan fingerprint density at radius 3 is 2.65 bits per heavy atom. The van der Waals surface area contributed by atoms with Gasteiger partial charge in [0.05, 0.1) is 6.20 Å². The number of nitrogens with zero attached hydrogens (tertiary/aromatic N) is 4. The Balaban J connectivity index is 1.38. The Morgan fingerprint density at radius 1 is 1.24 bits per heavy atom. The van der Waals surface area contributed by atoms with E-state index in [0.717, 1.165) is 18.4 Å². The molecule has 2 aliphatic rings. The average Bonchev–Trinajstić information content (AvgIpc) is 3.43. The van der Waals surface area contributed by atoms with Crippen LogP contribution in [0.15, 0.2) is 48.9 Å². The topological polar surface area (TPSA) is 89.3 Å². The summed E-state index contributed by atoms with van der Waals surface area (Å²) < 4.78 is 33.2. The van der Waals surface area contributed by atoms with E-state index in [9.17, 15) is 18.4 Å². The first-order valence-corrected chi connectivity index (χ1v) is 12.4. The van der Waals surface area contributed by atoms with Gasteiger partial charge in [-0.3, -0.25) is 14.6 Å². The number of nitrogens with one attached hydrogen (secondary N) is 1. The largest absolute Gasteiger partial charge is 0.489 e. The second-order valence-electron chi connectivity index (χ2n) is 9.49. The minimum absolute atomic E-state index is 0.0552. The fourth-order valence-electron chi connectivity index (χ4n) is 4.87. The van der Waals surface area contributed by atoms with Crippen molar-refractivity contribution in [2.45, 2.75) is 57.3 Å². The molecule has 1 N–H and O–H groups in total. The molecule has 1 saturated carbocycles. The van der Waals surface area contributed by atoms with Crippen molar-refractivity contribution in [2.24, 2.45) is 0 Å². The van der Waals surface area contributed by atoms with Crippen LogP contribution in [0.5, 0.6) is 5.75 Å². The summed E-state index contributed by atoms with van der Waals surface area (Å²) in [6.45, 7) is -0.340. The Bertz CT molecular complexity index is 1310. The predicted molar refractivity (Wildman–Crippen MR) is 132 cm³/mol. The van der Waals surface area contributed by atoms with Crippen LogP contribution in [-0.4, -0.2) is 49.7 Å². The summed E-state index contributed by atoms with van der Waals surface area (Å²) in [6.07, 6.45) is 6.92. The van der Waals surface area contributed by atoms with Gasteiger partial charge in [0.2, 0.25) is 5.91 Å². The van der Waals surface area contributed by atoms with Crippen LogP contribution in [0.1, 0.15) is 55.2 Å². The average molecular weight is 530 g/mol. The quantitative estimate of drug-likeness (QED) is 0.473. The van der Waals surface area contributed by atoms with Gasteiger partial charge in [-0.25, -0.2) is 4.68 Å². The Hall–Kier alpha value is -3.53. The van der Waals surface area contributed by atoms with E-state index >= 15 is 0 Å². The third-order valence-corrected chi connectivity index (χ3v) is 7.19. The van der Waals surface area contributed by atoms with Crippen molar-refractivity contribution in [3.8, 4) is 16.9 Å². The maximum atomic E-state index is 13.1. The summed E-state index contributed by atoms with van der Waals surface area (Å²) in [6, 6.07) is 8.64. The first-order chi connectivity index (χ1) is 17.7. The fourth-order valence-corrected chi connectivity index (χ4v) is 5.00. The molecule has 3 aromatic rings. The number of amides is 2. The number of hydrogen-bond acceptors (Lipinski definition) is 5. The Labute approximate surface area is 217 Å². The van der Waals surface area contributed by atoms with Crippen molar-refractivity contribution in [2.75, 3.05) is 6.54 Å². The first-order valence-electron chi connectivity index (χ1n) is 12.0. The number of carbonyl (C=O) groups is 2. The third-order valence-electron chi connectivity index (χ3n) is 6.93. The molecule has 1 aromatic carbocycles. The second kappa shape index (κ2) is 10.1. The highest BCUT2D eigenvalue weighted by Crippen LogP contribution is 2.49. The number of pyridine rings is 1. The fraction of sp³-hybridized carbons (Fsp3) is 0.385. The maximum Gasteiger partial charge on any atom is 0.333 e. The van der Waals surface area contributed by atoms with Crippen molar-refractivity contribution in [1.29, 1.82) is 0 Å². The van der Waals surface area contributed by atoms with E-state index < -0.39 is 12.5 Å². The van der Waals surface area contributed by atoms with Gasteiger partial charge >= 0.3 is 6.55 Å². The molecule has 1 spiro atoms. The van der Waals surface area contributed by atoms with Crippen LogP contribution in [0, 0.1) is 0 Å². The molecule has 5 rings (SSSR count). The van der Waals surface area contributed by atoms with Crippen LogP contribution < -0.4 is 10.1 Å². The summed E-state index contributed by atoms with van der Waals surface area (Å²) in [7, 11) is 0. The van der Waals surface area contributed by atoms with Gasteiger partial charge in [0.25, 0.3) is 5.91 Å². The lowest BCUT2D eigenvalue weighted by molar-refractivity contribution is -0.135. The van der Waals surface area contributed by atoms with Crippen molar-refractivity contribution in [3.63, 3.8) is 0 Å². The number of halogens is 3. The predicted octanol–water partition coefficient (Wildman–Crippen LogP) is 4.85. The smallest absolute Gasteiger partial charge is 0.333 e. The van der Waals surface area contributed by atoms with Gasteiger partial charge < -0.3 is 15.0 Å². The first kappa shape index (κ1) is 25.1. The molecule has 8 nitrogen and oxygen atoms in total. The van der Waals surface area contributed by atoms with E-state index in [1.54, 1.807) is 19.1 Å². The van der Waals surface area contributed by atoms with E-state index in [-0.39, 0.29) is 29.8 Å². The van der Waals surface area contributed by atoms with Crippen molar-refractivity contribution < 1.29 is 23.1 Å². The zero-order valence-corrected chi connectivity index (χ0v) is 20.9. The lowest BCUT2D eigenvalue weighted by Crippen LogP contribution is -2.49. The monoisotopic (exact) mass is 529 g/mol. The molecule has 2 fully saturated rings. The van der Waals surface area contributed by atoms with Crippen LogP contribution in [-0.2, 0) is 11.3 Å². The molecule has 37 heavy (non-hydrogen) atoms. The molecule has 0 radical (unpaired) electrons. The van der Waals surface area contributed by atoms with E-state index in [1.165, 1.54) is 24.7 Å². The van der Waals surface area contributed by atoms with Crippen LogP contribution >= 0.6 is 11.6 Å². The van der Waals surface area contributed by atoms with E-state index in [1.807, 2.05) is 17.0 Å². The van der Waals surface area contributed by atoms with Gasteiger partial charge in [0, 0.05) is 73.0 Å². The molecule has 0 bridgehead atoms.